The molecular formula is C25H20FN5. The number of fused-ring (bicyclic) bond motifs is 1. The molecule has 0 saturated carbocycles. The molecule has 1 aliphatic rings. The zero-order chi connectivity index (χ0) is 21.2. The number of aromatic nitrogens is 3. The second-order valence-electron chi connectivity index (χ2n) is 7.51. The Bertz CT molecular complexity index is 1250. The Labute approximate surface area is 180 Å². The number of halogens is 1. The van der Waals surface area contributed by atoms with Crippen molar-refractivity contribution in [1.82, 2.24) is 15.0 Å². The fraction of sp³-hybridized carbons (Fsp3) is 0.120. The van der Waals surface area contributed by atoms with Crippen LogP contribution in [0.1, 0.15) is 22.9 Å². The molecule has 0 radical (unpaired) electrons. The Hall–Kier alpha value is -3.93. The maximum atomic E-state index is 13.9. The molecule has 0 spiro atoms. The molecule has 31 heavy (non-hydrogen) atoms. The van der Waals surface area contributed by atoms with Crippen LogP contribution in [0.5, 0.6) is 0 Å². The summed E-state index contributed by atoms with van der Waals surface area (Å²) in [6.07, 6.45) is 9.03. The Morgan fingerprint density at radius 1 is 0.968 bits per heavy atom. The molecule has 0 fully saturated rings. The molecule has 1 unspecified atom stereocenters. The van der Waals surface area contributed by atoms with Crippen LogP contribution >= 0.6 is 0 Å². The topological polar surface area (TPSA) is 54.3 Å². The van der Waals surface area contributed by atoms with Gasteiger partial charge < -0.3 is 4.90 Å². The molecule has 0 bridgehead atoms. The number of pyridine rings is 3. The zero-order valence-corrected chi connectivity index (χ0v) is 17.0. The smallest absolute Gasteiger partial charge is 0.123 e. The highest BCUT2D eigenvalue weighted by atomic mass is 19.1. The molecular weight excluding hydrogens is 389 g/mol. The van der Waals surface area contributed by atoms with E-state index in [1.165, 1.54) is 6.07 Å². The number of anilines is 1. The Morgan fingerprint density at radius 3 is 2.71 bits per heavy atom. The van der Waals surface area contributed by atoms with Gasteiger partial charge in [-0.1, -0.05) is 18.2 Å². The van der Waals surface area contributed by atoms with Crippen molar-refractivity contribution in [3.05, 3.63) is 102 Å². The number of hydrogen-bond donors (Lipinski definition) is 0. The van der Waals surface area contributed by atoms with Crippen LogP contribution in [0.25, 0.3) is 11.3 Å². The SMILES string of the molecule is Cc1cc(-c2ccc(CN3c4ccncc4N=CC3c3cccc(F)c3)cn2)ccn1. The van der Waals surface area contributed by atoms with Crippen molar-refractivity contribution < 1.29 is 4.39 Å². The van der Waals surface area contributed by atoms with Crippen molar-refractivity contribution in [2.24, 2.45) is 4.99 Å². The fourth-order valence-corrected chi connectivity index (χ4v) is 3.83. The van der Waals surface area contributed by atoms with Gasteiger partial charge in [0.25, 0.3) is 0 Å². The number of aryl methyl sites for hydroxylation is 1. The van der Waals surface area contributed by atoms with Gasteiger partial charge in [0, 0.05) is 42.6 Å². The zero-order valence-electron chi connectivity index (χ0n) is 17.0. The van der Waals surface area contributed by atoms with Gasteiger partial charge in [-0.2, -0.15) is 0 Å². The van der Waals surface area contributed by atoms with E-state index in [2.05, 4.69) is 30.9 Å². The van der Waals surface area contributed by atoms with Gasteiger partial charge >= 0.3 is 0 Å². The lowest BCUT2D eigenvalue weighted by Crippen LogP contribution is -2.31. The quantitative estimate of drug-likeness (QED) is 0.450. The van der Waals surface area contributed by atoms with E-state index < -0.39 is 0 Å². The lowest BCUT2D eigenvalue weighted by Gasteiger charge is -2.35. The molecule has 6 heteroatoms. The van der Waals surface area contributed by atoms with Gasteiger partial charge in [-0.15, -0.1) is 0 Å². The van der Waals surface area contributed by atoms with E-state index in [0.717, 1.165) is 39.5 Å². The van der Waals surface area contributed by atoms with Gasteiger partial charge in [-0.3, -0.25) is 19.9 Å². The van der Waals surface area contributed by atoms with Crippen molar-refractivity contribution in [2.45, 2.75) is 19.5 Å². The van der Waals surface area contributed by atoms with Crippen molar-refractivity contribution in [2.75, 3.05) is 4.90 Å². The summed E-state index contributed by atoms with van der Waals surface area (Å²) in [6.45, 7) is 2.57. The lowest BCUT2D eigenvalue weighted by molar-refractivity contribution is 0.622. The Balaban J connectivity index is 1.48. The molecule has 1 aliphatic heterocycles. The summed E-state index contributed by atoms with van der Waals surface area (Å²) >= 11 is 0. The van der Waals surface area contributed by atoms with Crippen LogP contribution in [0.3, 0.4) is 0 Å². The van der Waals surface area contributed by atoms with E-state index in [0.29, 0.717) is 6.54 Å². The average molecular weight is 409 g/mol. The normalized spacial score (nSPS) is 15.0. The summed E-state index contributed by atoms with van der Waals surface area (Å²) in [5, 5.41) is 0. The molecule has 1 atom stereocenters. The van der Waals surface area contributed by atoms with Gasteiger partial charge in [-0.25, -0.2) is 4.39 Å². The molecule has 0 amide bonds. The van der Waals surface area contributed by atoms with E-state index in [1.807, 2.05) is 49.7 Å². The second-order valence-corrected chi connectivity index (χ2v) is 7.51. The third kappa shape index (κ3) is 3.92. The minimum atomic E-state index is -0.259. The monoisotopic (exact) mass is 409 g/mol. The minimum Gasteiger partial charge on any atom is -0.353 e. The first kappa shape index (κ1) is 19.1. The maximum absolute atomic E-state index is 13.9. The fourth-order valence-electron chi connectivity index (χ4n) is 3.83. The van der Waals surface area contributed by atoms with E-state index in [4.69, 9.17) is 0 Å². The van der Waals surface area contributed by atoms with Crippen LogP contribution in [-0.4, -0.2) is 21.2 Å². The summed E-state index contributed by atoms with van der Waals surface area (Å²) in [5.41, 5.74) is 6.56. The van der Waals surface area contributed by atoms with Crippen LogP contribution in [0, 0.1) is 12.7 Å². The molecule has 4 aromatic rings. The number of rotatable bonds is 4. The number of nitrogens with zero attached hydrogens (tertiary/aromatic N) is 5. The predicted octanol–water partition coefficient (Wildman–Crippen LogP) is 5.45. The maximum Gasteiger partial charge on any atom is 0.123 e. The first-order valence-corrected chi connectivity index (χ1v) is 10.1. The van der Waals surface area contributed by atoms with E-state index >= 15 is 0 Å². The molecule has 5 rings (SSSR count). The standard InChI is InChI=1S/C25H20FN5/c1-17-11-19(7-10-28-17)22-6-5-18(13-29-22)16-31-24-8-9-27-14-23(24)30-15-25(31)20-3-2-4-21(26)12-20/h2-15,25H,16H2,1H3. The molecule has 152 valence electrons. The number of aliphatic imine (C=N–C) groups is 1. The van der Waals surface area contributed by atoms with Crippen molar-refractivity contribution in [1.29, 1.82) is 0 Å². The first-order chi connectivity index (χ1) is 15.2. The summed E-state index contributed by atoms with van der Waals surface area (Å²) < 4.78 is 13.9. The summed E-state index contributed by atoms with van der Waals surface area (Å²) in [5.74, 6) is -0.259. The Morgan fingerprint density at radius 2 is 1.90 bits per heavy atom. The second kappa shape index (κ2) is 8.07. The van der Waals surface area contributed by atoms with Gasteiger partial charge in [0.15, 0.2) is 0 Å². The van der Waals surface area contributed by atoms with E-state index in [1.54, 1.807) is 30.7 Å². The minimum absolute atomic E-state index is 0.187. The van der Waals surface area contributed by atoms with Crippen molar-refractivity contribution in [3.63, 3.8) is 0 Å². The first-order valence-electron chi connectivity index (χ1n) is 10.1. The highest BCUT2D eigenvalue weighted by Crippen LogP contribution is 2.38. The third-order valence-electron chi connectivity index (χ3n) is 5.34. The summed E-state index contributed by atoms with van der Waals surface area (Å²) in [4.78, 5) is 19.9. The van der Waals surface area contributed by atoms with Crippen LogP contribution < -0.4 is 4.90 Å². The van der Waals surface area contributed by atoms with Crippen LogP contribution in [0.15, 0.2) is 84.4 Å². The third-order valence-corrected chi connectivity index (χ3v) is 5.34. The van der Waals surface area contributed by atoms with Gasteiger partial charge in [0.2, 0.25) is 0 Å². The molecule has 0 aliphatic carbocycles. The van der Waals surface area contributed by atoms with E-state index in [-0.39, 0.29) is 11.9 Å². The Kier molecular flexibility index (Phi) is 4.96. The van der Waals surface area contributed by atoms with Crippen LogP contribution in [-0.2, 0) is 6.54 Å². The van der Waals surface area contributed by atoms with Gasteiger partial charge in [-0.05, 0) is 54.4 Å². The lowest BCUT2D eigenvalue weighted by atomic mass is 10.0. The van der Waals surface area contributed by atoms with Crippen LogP contribution in [0.4, 0.5) is 15.8 Å². The summed E-state index contributed by atoms with van der Waals surface area (Å²) in [7, 11) is 0. The highest BCUT2D eigenvalue weighted by Gasteiger charge is 2.25. The molecule has 5 nitrogen and oxygen atoms in total. The van der Waals surface area contributed by atoms with E-state index in [9.17, 15) is 4.39 Å². The van der Waals surface area contributed by atoms with Crippen LogP contribution in [0.2, 0.25) is 0 Å². The molecule has 0 N–H and O–H groups in total. The van der Waals surface area contributed by atoms with Crippen molar-refractivity contribution >= 4 is 17.6 Å². The predicted molar refractivity (Wildman–Crippen MR) is 120 cm³/mol. The van der Waals surface area contributed by atoms with Gasteiger partial charge in [0.05, 0.1) is 23.6 Å². The van der Waals surface area contributed by atoms with Gasteiger partial charge in [0.1, 0.15) is 11.5 Å². The molecule has 1 aromatic carbocycles. The highest BCUT2D eigenvalue weighted by molar-refractivity contribution is 5.85. The number of hydrogen-bond acceptors (Lipinski definition) is 5. The molecule has 3 aromatic heterocycles. The van der Waals surface area contributed by atoms with Crippen molar-refractivity contribution in [3.8, 4) is 11.3 Å². The number of benzene rings is 1. The largest absolute Gasteiger partial charge is 0.353 e. The summed E-state index contributed by atoms with van der Waals surface area (Å²) in [6, 6.07) is 16.5. The molecule has 0 saturated heterocycles. The molecule has 4 heterocycles. The average Bonchev–Trinajstić information content (AvgIpc) is 2.80.